The third-order valence-electron chi connectivity index (χ3n) is 3.60. The lowest BCUT2D eigenvalue weighted by Crippen LogP contribution is -2.43. The fourth-order valence-corrected chi connectivity index (χ4v) is 4.62. The van der Waals surface area contributed by atoms with Crippen LogP contribution in [0.15, 0.2) is 48.7 Å². The molecule has 1 heterocycles. The van der Waals surface area contributed by atoms with Crippen molar-refractivity contribution in [1.82, 2.24) is 4.98 Å². The molecule has 1 N–H and O–H groups in total. The molecule has 0 aliphatic carbocycles. The maximum Gasteiger partial charge on any atom is 0.118 e. The zero-order chi connectivity index (χ0) is 13.7. The number of aromatic hydroxyl groups is 1. The molecule has 0 aliphatic heterocycles. The van der Waals surface area contributed by atoms with Crippen LogP contribution in [0.2, 0.25) is 19.1 Å². The number of nitrogens with zero attached hydrogens (tertiary/aromatic N) is 1. The molecular formula is C16H21NOSi. The predicted molar refractivity (Wildman–Crippen MR) is 82.6 cm³/mol. The second kappa shape index (κ2) is 6.02. The fourth-order valence-electron chi connectivity index (χ4n) is 2.33. The minimum atomic E-state index is -1.44. The first-order valence-corrected chi connectivity index (χ1v) is 9.99. The topological polar surface area (TPSA) is 33.1 Å². The summed E-state index contributed by atoms with van der Waals surface area (Å²) in [6, 6.07) is 15.0. The number of hydrogen-bond donors (Lipinski definition) is 1. The Kier molecular flexibility index (Phi) is 4.38. The van der Waals surface area contributed by atoms with E-state index in [4.69, 9.17) is 0 Å². The van der Waals surface area contributed by atoms with Crippen LogP contribution >= 0.6 is 0 Å². The van der Waals surface area contributed by atoms with E-state index < -0.39 is 8.07 Å². The van der Waals surface area contributed by atoms with Gasteiger partial charge in [0.1, 0.15) is 13.8 Å². The Morgan fingerprint density at radius 1 is 1.05 bits per heavy atom. The molecule has 0 bridgehead atoms. The van der Waals surface area contributed by atoms with Crippen molar-refractivity contribution < 1.29 is 5.11 Å². The van der Waals surface area contributed by atoms with E-state index in [0.29, 0.717) is 5.75 Å². The van der Waals surface area contributed by atoms with Crippen LogP contribution in [0.25, 0.3) is 0 Å². The number of benzene rings is 1. The van der Waals surface area contributed by atoms with Gasteiger partial charge in [0, 0.05) is 11.5 Å². The van der Waals surface area contributed by atoms with E-state index in [1.54, 1.807) is 6.07 Å². The number of para-hydroxylation sites is 1. The summed E-state index contributed by atoms with van der Waals surface area (Å²) in [5, 5.41) is 11.0. The largest absolute Gasteiger partial charge is 0.508 e. The summed E-state index contributed by atoms with van der Waals surface area (Å²) in [4.78, 5) is 4.51. The molecule has 0 atom stereocenters. The van der Waals surface area contributed by atoms with Crippen molar-refractivity contribution in [2.75, 3.05) is 0 Å². The Hall–Kier alpha value is -1.61. The summed E-state index contributed by atoms with van der Waals surface area (Å²) in [5.41, 5.74) is 1.05. The summed E-state index contributed by atoms with van der Waals surface area (Å²) in [5.74, 6) is 0.416. The van der Waals surface area contributed by atoms with Crippen molar-refractivity contribution in [3.63, 3.8) is 0 Å². The average Bonchev–Trinajstić information content (AvgIpc) is 2.42. The maximum atomic E-state index is 9.76. The summed E-state index contributed by atoms with van der Waals surface area (Å²) in [7, 11) is -1.44. The van der Waals surface area contributed by atoms with Gasteiger partial charge in [-0.05, 0) is 30.2 Å². The van der Waals surface area contributed by atoms with Gasteiger partial charge in [-0.1, -0.05) is 49.8 Å². The number of aryl methyl sites for hydroxylation is 1. The molecule has 1 aromatic heterocycles. The van der Waals surface area contributed by atoms with Crippen LogP contribution in [0.1, 0.15) is 12.0 Å². The van der Waals surface area contributed by atoms with Crippen molar-refractivity contribution in [2.24, 2.45) is 0 Å². The Morgan fingerprint density at radius 2 is 1.79 bits per heavy atom. The lowest BCUT2D eigenvalue weighted by molar-refractivity contribution is 0.467. The minimum Gasteiger partial charge on any atom is -0.508 e. The lowest BCUT2D eigenvalue weighted by Gasteiger charge is -2.21. The zero-order valence-corrected chi connectivity index (χ0v) is 12.6. The van der Waals surface area contributed by atoms with E-state index in [1.165, 1.54) is 11.4 Å². The van der Waals surface area contributed by atoms with Crippen molar-refractivity contribution in [2.45, 2.75) is 32.0 Å². The molecule has 1 aromatic carbocycles. The van der Waals surface area contributed by atoms with E-state index in [-0.39, 0.29) is 0 Å². The van der Waals surface area contributed by atoms with Gasteiger partial charge in [0.25, 0.3) is 0 Å². The summed E-state index contributed by atoms with van der Waals surface area (Å²) in [6.07, 6.45) is 3.93. The van der Waals surface area contributed by atoms with E-state index in [9.17, 15) is 5.11 Å². The molecule has 0 amide bonds. The van der Waals surface area contributed by atoms with Crippen molar-refractivity contribution >= 4 is 13.4 Å². The highest BCUT2D eigenvalue weighted by atomic mass is 28.3. The Labute approximate surface area is 116 Å². The molecule has 0 radical (unpaired) electrons. The summed E-state index contributed by atoms with van der Waals surface area (Å²) >= 11 is 0. The van der Waals surface area contributed by atoms with Gasteiger partial charge in [0.05, 0.1) is 0 Å². The number of phenols is 1. The number of hydrogen-bond acceptors (Lipinski definition) is 2. The molecule has 0 fully saturated rings. The van der Waals surface area contributed by atoms with Gasteiger partial charge in [-0.2, -0.15) is 0 Å². The molecule has 2 nitrogen and oxygen atoms in total. The predicted octanol–water partition coefficient (Wildman–Crippen LogP) is 3.34. The SMILES string of the molecule is C[Si](C)(CCCc1ccccc1O)c1ccccn1. The highest BCUT2D eigenvalue weighted by Gasteiger charge is 2.24. The van der Waals surface area contributed by atoms with E-state index in [1.807, 2.05) is 30.5 Å². The molecule has 0 saturated carbocycles. The second-order valence-electron chi connectivity index (χ2n) is 5.58. The summed E-state index contributed by atoms with van der Waals surface area (Å²) < 4.78 is 0. The van der Waals surface area contributed by atoms with Gasteiger partial charge in [0.15, 0.2) is 0 Å². The number of rotatable bonds is 5. The van der Waals surface area contributed by atoms with Crippen molar-refractivity contribution in [3.05, 3.63) is 54.2 Å². The van der Waals surface area contributed by atoms with Crippen LogP contribution in [0.5, 0.6) is 5.75 Å². The van der Waals surface area contributed by atoms with E-state index in [2.05, 4.69) is 30.2 Å². The third-order valence-corrected chi connectivity index (χ3v) is 6.88. The van der Waals surface area contributed by atoms with E-state index >= 15 is 0 Å². The fraction of sp³-hybridized carbons (Fsp3) is 0.312. The van der Waals surface area contributed by atoms with Crippen LogP contribution in [0.4, 0.5) is 0 Å². The van der Waals surface area contributed by atoms with Crippen LogP contribution in [0.3, 0.4) is 0 Å². The van der Waals surface area contributed by atoms with Crippen LogP contribution < -0.4 is 5.32 Å². The van der Waals surface area contributed by atoms with Crippen LogP contribution in [-0.2, 0) is 6.42 Å². The molecule has 2 aromatic rings. The average molecular weight is 271 g/mol. The molecule has 0 aliphatic rings. The van der Waals surface area contributed by atoms with E-state index in [0.717, 1.165) is 18.4 Å². The number of aromatic nitrogens is 1. The molecule has 3 heteroatoms. The van der Waals surface area contributed by atoms with Crippen LogP contribution in [0, 0.1) is 0 Å². The second-order valence-corrected chi connectivity index (χ2v) is 10.4. The Bertz CT molecular complexity index is 525. The Balaban J connectivity index is 1.94. The molecule has 0 spiro atoms. The first-order valence-electron chi connectivity index (χ1n) is 6.78. The quantitative estimate of drug-likeness (QED) is 0.846. The molecule has 0 saturated heterocycles. The van der Waals surface area contributed by atoms with Gasteiger partial charge in [-0.3, -0.25) is 4.98 Å². The summed E-state index contributed by atoms with van der Waals surface area (Å²) in [6.45, 7) is 4.72. The molecular weight excluding hydrogens is 250 g/mol. The van der Waals surface area contributed by atoms with Gasteiger partial charge in [-0.25, -0.2) is 0 Å². The molecule has 2 rings (SSSR count). The lowest BCUT2D eigenvalue weighted by atomic mass is 10.1. The van der Waals surface area contributed by atoms with Crippen molar-refractivity contribution in [1.29, 1.82) is 0 Å². The van der Waals surface area contributed by atoms with Crippen molar-refractivity contribution in [3.8, 4) is 5.75 Å². The van der Waals surface area contributed by atoms with Gasteiger partial charge in [0.2, 0.25) is 0 Å². The highest BCUT2D eigenvalue weighted by Crippen LogP contribution is 2.20. The normalized spacial score (nSPS) is 11.5. The Morgan fingerprint density at radius 3 is 2.47 bits per heavy atom. The first-order chi connectivity index (χ1) is 9.09. The standard InChI is InChI=1S/C16H21NOSi/c1-19(2,16-11-5-6-12-17-16)13-7-9-14-8-3-4-10-15(14)18/h3-6,8,10-12,18H,7,9,13H2,1-2H3. The number of phenolic OH excluding ortho intramolecular Hbond substituents is 1. The highest BCUT2D eigenvalue weighted by molar-refractivity contribution is 6.89. The minimum absolute atomic E-state index is 0.416. The van der Waals surface area contributed by atoms with Crippen LogP contribution in [-0.4, -0.2) is 18.2 Å². The zero-order valence-electron chi connectivity index (χ0n) is 11.6. The monoisotopic (exact) mass is 271 g/mol. The number of pyridine rings is 1. The third kappa shape index (κ3) is 3.67. The molecule has 100 valence electrons. The molecule has 0 unspecified atom stereocenters. The van der Waals surface area contributed by atoms with Gasteiger partial charge < -0.3 is 5.11 Å². The maximum absolute atomic E-state index is 9.76. The van der Waals surface area contributed by atoms with Gasteiger partial charge in [-0.15, -0.1) is 0 Å². The molecule has 19 heavy (non-hydrogen) atoms. The first kappa shape index (κ1) is 13.8. The smallest absolute Gasteiger partial charge is 0.118 e. The van der Waals surface area contributed by atoms with Gasteiger partial charge >= 0.3 is 0 Å².